The quantitative estimate of drug-likeness (QED) is 0.436. The maximum absolute atomic E-state index is 7.36. The Labute approximate surface area is 113 Å². The second-order valence-electron chi connectivity index (χ2n) is 3.44. The number of nitrogens with two attached hydrogens (primary N) is 2. The monoisotopic (exact) mass is 267 g/mol. The van der Waals surface area contributed by atoms with Gasteiger partial charge in [0.15, 0.2) is 11.9 Å². The Morgan fingerprint density at radius 3 is 2.44 bits per heavy atom. The minimum atomic E-state index is -0.140. The third-order valence-corrected chi connectivity index (χ3v) is 2.15. The Morgan fingerprint density at radius 2 is 1.94 bits per heavy atom. The molecule has 0 unspecified atom stereocenters. The van der Waals surface area contributed by atoms with Gasteiger partial charge in [0.2, 0.25) is 0 Å². The van der Waals surface area contributed by atoms with E-state index in [4.69, 9.17) is 16.9 Å². The van der Waals surface area contributed by atoms with Gasteiger partial charge in [-0.1, -0.05) is 36.4 Å². The van der Waals surface area contributed by atoms with Crippen molar-refractivity contribution in [3.05, 3.63) is 48.6 Å². The molecule has 0 aliphatic heterocycles. The summed E-state index contributed by atoms with van der Waals surface area (Å²) in [5.41, 5.74) is 12.2. The first kappa shape index (κ1) is 16.0. The SMILES string of the molecule is C=CCN(C(=N)N)C(N)=NCc1ccccc1.Cl. The van der Waals surface area contributed by atoms with E-state index in [2.05, 4.69) is 11.6 Å². The molecule has 0 atom stereocenters. The van der Waals surface area contributed by atoms with E-state index in [1.807, 2.05) is 30.3 Å². The predicted octanol–water partition coefficient (Wildman–Crippen LogP) is 1.30. The molecule has 0 aromatic heterocycles. The lowest BCUT2D eigenvalue weighted by Crippen LogP contribution is -2.45. The van der Waals surface area contributed by atoms with Crippen molar-refractivity contribution in [1.29, 1.82) is 5.41 Å². The number of halogens is 1. The lowest BCUT2D eigenvalue weighted by molar-refractivity contribution is 0.652. The molecule has 0 bridgehead atoms. The standard InChI is InChI=1S/C12H17N5.ClH/c1-2-8-17(11(13)14)12(15)16-9-10-6-4-3-5-7-10;/h2-7H,1,8-9H2,(H3,13,14)(H2,15,16);1H. The van der Waals surface area contributed by atoms with E-state index < -0.39 is 0 Å². The summed E-state index contributed by atoms with van der Waals surface area (Å²) in [4.78, 5) is 5.57. The summed E-state index contributed by atoms with van der Waals surface area (Å²) in [5, 5.41) is 7.36. The summed E-state index contributed by atoms with van der Waals surface area (Å²) in [6.45, 7) is 4.42. The Morgan fingerprint density at radius 1 is 1.33 bits per heavy atom. The first-order valence-electron chi connectivity index (χ1n) is 5.21. The summed E-state index contributed by atoms with van der Waals surface area (Å²) in [6.07, 6.45) is 1.62. The van der Waals surface area contributed by atoms with Gasteiger partial charge in [-0.2, -0.15) is 0 Å². The van der Waals surface area contributed by atoms with Crippen molar-refractivity contribution in [2.75, 3.05) is 6.54 Å². The van der Waals surface area contributed by atoms with Crippen LogP contribution in [0.5, 0.6) is 0 Å². The van der Waals surface area contributed by atoms with Crippen LogP contribution >= 0.6 is 12.4 Å². The van der Waals surface area contributed by atoms with Gasteiger partial charge >= 0.3 is 0 Å². The molecule has 5 nitrogen and oxygen atoms in total. The van der Waals surface area contributed by atoms with Crippen LogP contribution in [-0.2, 0) is 6.54 Å². The molecule has 0 radical (unpaired) electrons. The van der Waals surface area contributed by atoms with Gasteiger partial charge in [-0.05, 0) is 5.56 Å². The Hall–Kier alpha value is -2.01. The highest BCUT2D eigenvalue weighted by Crippen LogP contribution is 2.00. The van der Waals surface area contributed by atoms with Crippen LogP contribution in [-0.4, -0.2) is 23.4 Å². The normalized spacial score (nSPS) is 10.3. The Bertz CT molecular complexity index is 416. The number of nitrogens with one attached hydrogen (secondary N) is 1. The van der Waals surface area contributed by atoms with Gasteiger partial charge in [0.1, 0.15) is 0 Å². The van der Waals surface area contributed by atoms with Gasteiger partial charge in [-0.15, -0.1) is 19.0 Å². The summed E-state index contributed by atoms with van der Waals surface area (Å²) in [5.74, 6) is 0.0838. The maximum Gasteiger partial charge on any atom is 0.198 e. The topological polar surface area (TPSA) is 91.5 Å². The highest BCUT2D eigenvalue weighted by molar-refractivity contribution is 5.95. The van der Waals surface area contributed by atoms with Gasteiger partial charge in [0.25, 0.3) is 0 Å². The van der Waals surface area contributed by atoms with Crippen LogP contribution < -0.4 is 11.5 Å². The maximum atomic E-state index is 7.36. The first-order valence-corrected chi connectivity index (χ1v) is 5.21. The molecule has 0 aliphatic carbocycles. The average molecular weight is 268 g/mol. The van der Waals surface area contributed by atoms with Gasteiger partial charge < -0.3 is 11.5 Å². The van der Waals surface area contributed by atoms with Crippen LogP contribution in [0.4, 0.5) is 0 Å². The molecule has 1 aromatic rings. The molecule has 1 aromatic carbocycles. The molecule has 0 aliphatic rings. The Kier molecular flexibility index (Phi) is 7.23. The molecule has 0 spiro atoms. The molecular weight excluding hydrogens is 250 g/mol. The molecule has 0 fully saturated rings. The highest BCUT2D eigenvalue weighted by atomic mass is 35.5. The molecule has 0 saturated heterocycles. The minimum Gasteiger partial charge on any atom is -0.370 e. The van der Waals surface area contributed by atoms with Gasteiger partial charge in [-0.3, -0.25) is 10.3 Å². The molecule has 0 saturated carbocycles. The summed E-state index contributed by atoms with van der Waals surface area (Å²) in [6, 6.07) is 9.74. The van der Waals surface area contributed by atoms with E-state index >= 15 is 0 Å². The number of hydrogen-bond donors (Lipinski definition) is 3. The van der Waals surface area contributed by atoms with E-state index in [-0.39, 0.29) is 24.3 Å². The molecule has 18 heavy (non-hydrogen) atoms. The third kappa shape index (κ3) is 4.88. The molecule has 1 rings (SSSR count). The van der Waals surface area contributed by atoms with Gasteiger partial charge in [0, 0.05) is 6.54 Å². The summed E-state index contributed by atoms with van der Waals surface area (Å²) < 4.78 is 0. The Balaban J connectivity index is 0.00000289. The van der Waals surface area contributed by atoms with Crippen molar-refractivity contribution in [2.45, 2.75) is 6.54 Å². The lowest BCUT2D eigenvalue weighted by atomic mass is 10.2. The van der Waals surface area contributed by atoms with Gasteiger partial charge in [-0.25, -0.2) is 4.99 Å². The summed E-state index contributed by atoms with van der Waals surface area (Å²) in [7, 11) is 0. The summed E-state index contributed by atoms with van der Waals surface area (Å²) >= 11 is 0. The van der Waals surface area contributed by atoms with E-state index in [0.29, 0.717) is 13.1 Å². The van der Waals surface area contributed by atoms with E-state index in [1.165, 1.54) is 4.90 Å². The van der Waals surface area contributed by atoms with Gasteiger partial charge in [0.05, 0.1) is 6.54 Å². The van der Waals surface area contributed by atoms with Crippen molar-refractivity contribution in [3.63, 3.8) is 0 Å². The van der Waals surface area contributed by atoms with Crippen LogP contribution in [0.15, 0.2) is 48.0 Å². The van der Waals surface area contributed by atoms with Crippen LogP contribution in [0.2, 0.25) is 0 Å². The van der Waals surface area contributed by atoms with E-state index in [0.717, 1.165) is 5.56 Å². The second kappa shape index (κ2) is 8.14. The number of rotatable bonds is 4. The van der Waals surface area contributed by atoms with Crippen molar-refractivity contribution in [3.8, 4) is 0 Å². The molecule has 0 amide bonds. The number of guanidine groups is 2. The van der Waals surface area contributed by atoms with Crippen molar-refractivity contribution in [2.24, 2.45) is 16.5 Å². The lowest BCUT2D eigenvalue weighted by Gasteiger charge is -2.19. The number of nitrogens with zero attached hydrogens (tertiary/aromatic N) is 2. The number of hydrogen-bond acceptors (Lipinski definition) is 2. The van der Waals surface area contributed by atoms with Crippen molar-refractivity contribution in [1.82, 2.24) is 4.90 Å². The highest BCUT2D eigenvalue weighted by Gasteiger charge is 2.08. The van der Waals surface area contributed by atoms with Crippen molar-refractivity contribution >= 4 is 24.3 Å². The molecular formula is C12H18ClN5. The average Bonchev–Trinajstić information content (AvgIpc) is 2.34. The molecule has 6 heteroatoms. The minimum absolute atomic E-state index is 0. The van der Waals surface area contributed by atoms with Crippen molar-refractivity contribution < 1.29 is 0 Å². The largest absolute Gasteiger partial charge is 0.370 e. The first-order chi connectivity index (χ1) is 8.15. The molecule has 5 N–H and O–H groups in total. The zero-order valence-electron chi connectivity index (χ0n) is 10.0. The zero-order valence-corrected chi connectivity index (χ0v) is 10.9. The fourth-order valence-electron chi connectivity index (χ4n) is 1.29. The third-order valence-electron chi connectivity index (χ3n) is 2.15. The number of aliphatic imine (C=N–C) groups is 1. The van der Waals surface area contributed by atoms with E-state index in [9.17, 15) is 0 Å². The molecule has 98 valence electrons. The second-order valence-corrected chi connectivity index (χ2v) is 3.44. The van der Waals surface area contributed by atoms with Crippen LogP contribution in [0, 0.1) is 5.41 Å². The predicted molar refractivity (Wildman–Crippen MR) is 77.8 cm³/mol. The fraction of sp³-hybridized carbons (Fsp3) is 0.167. The van der Waals surface area contributed by atoms with Crippen LogP contribution in [0.3, 0.4) is 0 Å². The smallest absolute Gasteiger partial charge is 0.198 e. The van der Waals surface area contributed by atoms with Crippen LogP contribution in [0.1, 0.15) is 5.56 Å². The zero-order chi connectivity index (χ0) is 12.7. The fourth-order valence-corrected chi connectivity index (χ4v) is 1.29. The molecule has 0 heterocycles. The van der Waals surface area contributed by atoms with Crippen LogP contribution in [0.25, 0.3) is 0 Å². The van der Waals surface area contributed by atoms with E-state index in [1.54, 1.807) is 6.08 Å². The number of benzene rings is 1.